The van der Waals surface area contributed by atoms with Gasteiger partial charge in [-0.3, -0.25) is 0 Å². The molecule has 1 atom stereocenters. The lowest BCUT2D eigenvalue weighted by Crippen LogP contribution is -2.33. The molecule has 7 heavy (non-hydrogen) atoms. The molecule has 0 aliphatic rings. The normalized spacial score (nSPS) is 24.9. The molecule has 0 amide bonds. The molecule has 0 aliphatic carbocycles. The third kappa shape index (κ3) is 2.45. The molecule has 0 aromatic heterocycles. The Labute approximate surface area is 43.5 Å². The number of hydrogen-bond acceptors (Lipinski definition) is 1. The number of halogens is 3. The van der Waals surface area contributed by atoms with E-state index in [9.17, 15) is 13.2 Å². The third-order valence-electron chi connectivity index (χ3n) is 0.353. The molecule has 0 radical (unpaired) electrons. The molecular formula is C3H6F3N. The second-order valence-corrected chi connectivity index (χ2v) is 1.02. The van der Waals surface area contributed by atoms with Crippen LogP contribution in [0.2, 0.25) is 0 Å². The molecule has 0 rings (SSSR count). The van der Waals surface area contributed by atoms with Crippen molar-refractivity contribution in [3.63, 3.8) is 0 Å². The molecule has 0 aromatic rings. The van der Waals surface area contributed by atoms with Crippen LogP contribution >= 0.6 is 0 Å². The van der Waals surface area contributed by atoms with Crippen LogP contribution in [0, 0.1) is 0 Å². The van der Waals surface area contributed by atoms with Crippen molar-refractivity contribution < 1.29 is 17.3 Å². The number of alkyl halides is 3. The predicted molar refractivity (Wildman–Crippen MR) is 19.7 cm³/mol. The van der Waals surface area contributed by atoms with E-state index in [1.54, 1.807) is 0 Å². The minimum absolute atomic E-state index is 2.74. The Bertz CT molecular complexity index is 103. The van der Waals surface area contributed by atoms with Crippen LogP contribution in [0.4, 0.5) is 13.2 Å². The molecule has 0 unspecified atom stereocenters. The summed E-state index contributed by atoms with van der Waals surface area (Å²) in [5.74, 6) is 0. The third-order valence-corrected chi connectivity index (χ3v) is 0.353. The van der Waals surface area contributed by atoms with E-state index in [2.05, 4.69) is 5.73 Å². The molecule has 2 N–H and O–H groups in total. The second-order valence-electron chi connectivity index (χ2n) is 1.02. The van der Waals surface area contributed by atoms with E-state index in [4.69, 9.17) is 4.11 Å². The molecular weight excluding hydrogens is 107 g/mol. The van der Waals surface area contributed by atoms with E-state index in [1.807, 2.05) is 0 Å². The Morgan fingerprint density at radius 3 is 2.14 bits per heavy atom. The summed E-state index contributed by atoms with van der Waals surface area (Å²) in [5, 5.41) is 0. The van der Waals surface area contributed by atoms with Gasteiger partial charge >= 0.3 is 6.18 Å². The zero-order chi connectivity index (χ0) is 8.58. The molecule has 0 fully saturated rings. The smallest absolute Gasteiger partial charge is 0.320 e. The summed E-state index contributed by atoms with van der Waals surface area (Å²) in [7, 11) is 0. The molecule has 4 heteroatoms. The molecule has 0 heterocycles. The van der Waals surface area contributed by atoms with Gasteiger partial charge in [-0.2, -0.15) is 13.2 Å². The molecule has 44 valence electrons. The maximum atomic E-state index is 11.5. The Morgan fingerprint density at radius 1 is 1.71 bits per heavy atom. The van der Waals surface area contributed by atoms with Crippen LogP contribution in [0.25, 0.3) is 0 Å². The van der Waals surface area contributed by atoms with Crippen LogP contribution in [-0.4, -0.2) is 12.2 Å². The lowest BCUT2D eigenvalue weighted by molar-refractivity contribution is -0.143. The van der Waals surface area contributed by atoms with Crippen LogP contribution in [0.15, 0.2) is 0 Å². The highest BCUT2D eigenvalue weighted by Gasteiger charge is 2.32. The average molecular weight is 116 g/mol. The van der Waals surface area contributed by atoms with Crippen LogP contribution in [0.5, 0.6) is 0 Å². The SMILES string of the molecule is [2H]C([2H])([2H])[C@@H](N)C(F)(F)F. The van der Waals surface area contributed by atoms with Crippen LogP contribution < -0.4 is 5.73 Å². The maximum absolute atomic E-state index is 11.5. The van der Waals surface area contributed by atoms with Gasteiger partial charge in [-0.1, -0.05) is 0 Å². The summed E-state index contributed by atoms with van der Waals surface area (Å²) < 4.78 is 53.2. The molecule has 0 aromatic carbocycles. The van der Waals surface area contributed by atoms with Gasteiger partial charge < -0.3 is 5.73 Å². The van der Waals surface area contributed by atoms with Gasteiger partial charge in [-0.05, 0) is 6.85 Å². The topological polar surface area (TPSA) is 26.0 Å². The summed E-state index contributed by atoms with van der Waals surface area (Å²) in [6.45, 7) is -3.15. The van der Waals surface area contributed by atoms with Gasteiger partial charge in [-0.25, -0.2) is 0 Å². The predicted octanol–water partition coefficient (Wildman–Crippen LogP) is 0.896. The fourth-order valence-electron chi connectivity index (χ4n) is 0. The maximum Gasteiger partial charge on any atom is 0.403 e. The van der Waals surface area contributed by atoms with Crippen LogP contribution in [0.3, 0.4) is 0 Å². The monoisotopic (exact) mass is 116 g/mol. The van der Waals surface area contributed by atoms with Gasteiger partial charge in [0.1, 0.15) is 0 Å². The van der Waals surface area contributed by atoms with E-state index in [1.165, 1.54) is 0 Å². The highest BCUT2D eigenvalue weighted by atomic mass is 19.4. The van der Waals surface area contributed by atoms with Gasteiger partial charge in [0.05, 0.1) is 6.04 Å². The lowest BCUT2D eigenvalue weighted by atomic mass is 10.4. The second kappa shape index (κ2) is 1.69. The minimum Gasteiger partial charge on any atom is -0.320 e. The van der Waals surface area contributed by atoms with Crippen molar-refractivity contribution in [2.45, 2.75) is 19.1 Å². The van der Waals surface area contributed by atoms with Crippen LogP contribution in [0.1, 0.15) is 11.0 Å². The van der Waals surface area contributed by atoms with Crippen molar-refractivity contribution in [1.29, 1.82) is 0 Å². The van der Waals surface area contributed by atoms with Gasteiger partial charge in [-0.15, -0.1) is 0 Å². The molecule has 0 bridgehead atoms. The lowest BCUT2D eigenvalue weighted by Gasteiger charge is -2.07. The largest absolute Gasteiger partial charge is 0.403 e. The highest BCUT2D eigenvalue weighted by molar-refractivity contribution is 4.61. The summed E-state index contributed by atoms with van der Waals surface area (Å²) in [4.78, 5) is 0. The first-order valence-corrected chi connectivity index (χ1v) is 1.48. The van der Waals surface area contributed by atoms with E-state index < -0.39 is 19.1 Å². The fourth-order valence-corrected chi connectivity index (χ4v) is 0. The van der Waals surface area contributed by atoms with E-state index in [0.29, 0.717) is 0 Å². The van der Waals surface area contributed by atoms with Gasteiger partial charge in [0, 0.05) is 4.11 Å². The fraction of sp³-hybridized carbons (Fsp3) is 1.00. The Kier molecular flexibility index (Phi) is 0.706. The average Bonchev–Trinajstić information content (AvgIpc) is 1.59. The van der Waals surface area contributed by atoms with Crippen molar-refractivity contribution in [1.82, 2.24) is 0 Å². The summed E-state index contributed by atoms with van der Waals surface area (Å²) >= 11 is 0. The van der Waals surface area contributed by atoms with Crippen molar-refractivity contribution in [2.24, 2.45) is 5.73 Å². The molecule has 0 saturated heterocycles. The zero-order valence-electron chi connectivity index (χ0n) is 6.29. The van der Waals surface area contributed by atoms with Crippen molar-refractivity contribution in [2.75, 3.05) is 0 Å². The number of rotatable bonds is 0. The Balaban J connectivity index is 4.23. The highest BCUT2D eigenvalue weighted by Crippen LogP contribution is 2.16. The number of hydrogen-bond donors (Lipinski definition) is 1. The molecule has 1 nitrogen and oxygen atoms in total. The van der Waals surface area contributed by atoms with Crippen LogP contribution in [-0.2, 0) is 0 Å². The first kappa shape index (κ1) is 2.91. The first-order valence-electron chi connectivity index (χ1n) is 2.98. The zero-order valence-corrected chi connectivity index (χ0v) is 3.29. The quantitative estimate of drug-likeness (QED) is 0.499. The van der Waals surface area contributed by atoms with E-state index in [0.717, 1.165) is 0 Å². The molecule has 0 spiro atoms. The Morgan fingerprint density at radius 2 is 2.14 bits per heavy atom. The van der Waals surface area contributed by atoms with Crippen molar-refractivity contribution in [3.05, 3.63) is 0 Å². The van der Waals surface area contributed by atoms with Crippen molar-refractivity contribution in [3.8, 4) is 0 Å². The molecule has 0 saturated carbocycles. The minimum atomic E-state index is -4.84. The van der Waals surface area contributed by atoms with Gasteiger partial charge in [0.2, 0.25) is 0 Å². The van der Waals surface area contributed by atoms with Crippen molar-refractivity contribution >= 4 is 0 Å². The van der Waals surface area contributed by atoms with Gasteiger partial charge in [0.25, 0.3) is 0 Å². The number of nitrogens with two attached hydrogens (primary N) is 1. The molecule has 0 aliphatic heterocycles. The standard InChI is InChI=1S/C3H6F3N/c1-2(7)3(4,5)6/h2H,7H2,1H3/t2-/m1/s1/i1D3. The van der Waals surface area contributed by atoms with E-state index >= 15 is 0 Å². The Hall–Kier alpha value is -0.250. The summed E-state index contributed by atoms with van der Waals surface area (Å²) in [6, 6.07) is -2.74. The first-order chi connectivity index (χ1) is 4.15. The summed E-state index contributed by atoms with van der Waals surface area (Å²) in [5.41, 5.74) is 4.34. The van der Waals surface area contributed by atoms with Gasteiger partial charge in [0.15, 0.2) is 0 Å². The summed E-state index contributed by atoms with van der Waals surface area (Å²) in [6.07, 6.45) is -4.84. The van der Waals surface area contributed by atoms with E-state index in [-0.39, 0.29) is 0 Å².